The molecule has 1 aromatic carbocycles. The minimum absolute atomic E-state index is 0.0117. The molecule has 6 rings (SSSR count). The highest BCUT2D eigenvalue weighted by molar-refractivity contribution is 7.18. The molecular formula is C24H25F2N5O2S. The van der Waals surface area contributed by atoms with E-state index in [4.69, 9.17) is 4.74 Å². The van der Waals surface area contributed by atoms with Crippen LogP contribution in [-0.2, 0) is 0 Å². The number of pyridine rings is 1. The molecule has 2 bridgehead atoms. The first-order chi connectivity index (χ1) is 16.5. The first kappa shape index (κ1) is 21.7. The number of nitrogens with zero attached hydrogens (tertiary/aromatic N) is 4. The van der Waals surface area contributed by atoms with Gasteiger partial charge in [-0.3, -0.25) is 0 Å². The van der Waals surface area contributed by atoms with Gasteiger partial charge in [-0.15, -0.1) is 10.2 Å². The number of hydrogen-bond donors (Lipinski definition) is 2. The second kappa shape index (κ2) is 8.42. The van der Waals surface area contributed by atoms with Gasteiger partial charge in [0.2, 0.25) is 17.0 Å². The van der Waals surface area contributed by atoms with Crippen molar-refractivity contribution in [2.75, 3.05) is 12.0 Å². The predicted octanol–water partition coefficient (Wildman–Crippen LogP) is 4.32. The minimum Gasteiger partial charge on any atom is -0.507 e. The Morgan fingerprint density at radius 2 is 1.97 bits per heavy atom. The van der Waals surface area contributed by atoms with Crippen LogP contribution in [0.3, 0.4) is 0 Å². The summed E-state index contributed by atoms with van der Waals surface area (Å²) in [6.45, 7) is 0. The lowest BCUT2D eigenvalue weighted by molar-refractivity contribution is 0.172. The number of phenols is 1. The zero-order chi connectivity index (χ0) is 23.4. The highest BCUT2D eigenvalue weighted by Gasteiger charge is 2.48. The molecule has 0 radical (unpaired) electrons. The molecule has 4 unspecified atom stereocenters. The van der Waals surface area contributed by atoms with Crippen LogP contribution in [0.4, 0.5) is 13.9 Å². The fraction of sp³-hybridized carbons (Fsp3) is 0.458. The van der Waals surface area contributed by atoms with E-state index in [9.17, 15) is 9.50 Å². The Morgan fingerprint density at radius 3 is 2.74 bits per heavy atom. The molecule has 0 spiro atoms. The third-order valence-electron chi connectivity index (χ3n) is 7.03. The maximum absolute atomic E-state index is 15.3. The lowest BCUT2D eigenvalue weighted by Crippen LogP contribution is -2.57. The molecule has 2 N–H and O–H groups in total. The van der Waals surface area contributed by atoms with Crippen molar-refractivity contribution in [1.82, 2.24) is 20.5 Å². The van der Waals surface area contributed by atoms with Crippen LogP contribution in [-0.4, -0.2) is 57.7 Å². The summed E-state index contributed by atoms with van der Waals surface area (Å²) < 4.78 is 34.2. The van der Waals surface area contributed by atoms with Gasteiger partial charge >= 0.3 is 0 Å². The highest BCUT2D eigenvalue weighted by Crippen LogP contribution is 2.44. The Bertz CT molecular complexity index is 1220. The number of aromatic hydroxyl groups is 1. The molecule has 3 aliphatic rings. The van der Waals surface area contributed by atoms with Crippen LogP contribution in [0, 0.1) is 5.95 Å². The number of benzene rings is 1. The van der Waals surface area contributed by atoms with E-state index in [1.54, 1.807) is 24.3 Å². The van der Waals surface area contributed by atoms with Gasteiger partial charge in [0.1, 0.15) is 11.9 Å². The lowest BCUT2D eigenvalue weighted by atomic mass is 9.96. The van der Waals surface area contributed by atoms with E-state index in [0.29, 0.717) is 38.9 Å². The van der Waals surface area contributed by atoms with Crippen molar-refractivity contribution in [1.29, 1.82) is 0 Å². The monoisotopic (exact) mass is 485 g/mol. The summed E-state index contributed by atoms with van der Waals surface area (Å²) in [6.07, 6.45) is 3.82. The van der Waals surface area contributed by atoms with Crippen molar-refractivity contribution >= 4 is 16.5 Å². The Morgan fingerprint density at radius 1 is 1.12 bits per heavy atom. The first-order valence-electron chi connectivity index (χ1n) is 11.6. The normalized spacial score (nSPS) is 26.0. The Labute approximate surface area is 199 Å². The maximum atomic E-state index is 15.3. The average Bonchev–Trinajstić information content (AvgIpc) is 3.40. The highest BCUT2D eigenvalue weighted by atomic mass is 32.1. The average molecular weight is 486 g/mol. The van der Waals surface area contributed by atoms with Crippen LogP contribution in [0.25, 0.3) is 21.7 Å². The van der Waals surface area contributed by atoms with E-state index < -0.39 is 12.1 Å². The number of alkyl halides is 1. The SMILES string of the molecule is COc1cc(-c2ccc(-c3nnc(N(C4CC4)C4CC5CCC(N5)C4F)s3)c(O)c2)cc(F)n1. The summed E-state index contributed by atoms with van der Waals surface area (Å²) >= 11 is 1.37. The Kier molecular flexibility index (Phi) is 5.37. The third kappa shape index (κ3) is 3.88. The van der Waals surface area contributed by atoms with Gasteiger partial charge in [0, 0.05) is 30.3 Å². The molecule has 10 heteroatoms. The zero-order valence-electron chi connectivity index (χ0n) is 18.6. The van der Waals surface area contributed by atoms with Gasteiger partial charge < -0.3 is 20.1 Å². The fourth-order valence-corrected chi connectivity index (χ4v) is 6.24. The van der Waals surface area contributed by atoms with E-state index in [2.05, 4.69) is 25.4 Å². The fourth-order valence-electron chi connectivity index (χ4n) is 5.23. The van der Waals surface area contributed by atoms with Gasteiger partial charge in [0.25, 0.3) is 0 Å². The van der Waals surface area contributed by atoms with Gasteiger partial charge in [-0.2, -0.15) is 9.37 Å². The molecule has 3 aromatic rings. The van der Waals surface area contributed by atoms with Crippen LogP contribution < -0.4 is 15.0 Å². The molecule has 1 saturated carbocycles. The molecule has 2 saturated heterocycles. The van der Waals surface area contributed by atoms with E-state index in [-0.39, 0.29) is 23.7 Å². The smallest absolute Gasteiger partial charge is 0.216 e. The quantitative estimate of drug-likeness (QED) is 0.503. The zero-order valence-corrected chi connectivity index (χ0v) is 19.4. The van der Waals surface area contributed by atoms with Crippen molar-refractivity contribution in [3.05, 3.63) is 36.3 Å². The van der Waals surface area contributed by atoms with Crippen LogP contribution in [0.15, 0.2) is 30.3 Å². The lowest BCUT2D eigenvalue weighted by Gasteiger charge is -2.40. The number of nitrogens with one attached hydrogen (secondary N) is 1. The third-order valence-corrected chi connectivity index (χ3v) is 8.00. The molecule has 3 fully saturated rings. The number of phenolic OH excluding ortho intramolecular Hbond substituents is 1. The molecule has 178 valence electrons. The predicted molar refractivity (Wildman–Crippen MR) is 125 cm³/mol. The molecular weight excluding hydrogens is 460 g/mol. The topological polar surface area (TPSA) is 83.4 Å². The molecule has 2 aliphatic heterocycles. The molecule has 0 amide bonds. The largest absolute Gasteiger partial charge is 0.507 e. The number of halogens is 2. The summed E-state index contributed by atoms with van der Waals surface area (Å²) in [7, 11) is 1.42. The number of rotatable bonds is 6. The summed E-state index contributed by atoms with van der Waals surface area (Å²) in [5.74, 6) is -0.494. The molecule has 1 aliphatic carbocycles. The van der Waals surface area contributed by atoms with Crippen LogP contribution in [0.1, 0.15) is 32.1 Å². The summed E-state index contributed by atoms with van der Waals surface area (Å²) in [5, 5.41) is 24.2. The van der Waals surface area contributed by atoms with E-state index in [0.717, 1.165) is 32.1 Å². The van der Waals surface area contributed by atoms with Gasteiger partial charge in [0.15, 0.2) is 5.01 Å². The number of ether oxygens (including phenoxy) is 1. The molecule has 4 heterocycles. The van der Waals surface area contributed by atoms with Crippen LogP contribution >= 0.6 is 11.3 Å². The molecule has 34 heavy (non-hydrogen) atoms. The first-order valence-corrected chi connectivity index (χ1v) is 12.4. The summed E-state index contributed by atoms with van der Waals surface area (Å²) in [5.41, 5.74) is 1.70. The molecule has 7 nitrogen and oxygen atoms in total. The second-order valence-electron chi connectivity index (χ2n) is 9.28. The van der Waals surface area contributed by atoms with Crippen molar-refractivity contribution in [3.63, 3.8) is 0 Å². The standard InChI is InChI=1S/C24H25F2N5O2S/c1-33-21-10-13(9-20(25)28-21)12-2-6-16(19(32)8-12)23-29-30-24(34-23)31(15-4-5-15)18-11-14-3-7-17(27-14)22(18)26/h2,6,8-10,14-15,17-18,22,27,32H,3-5,7,11H2,1H3. The van der Waals surface area contributed by atoms with Crippen molar-refractivity contribution < 1.29 is 18.6 Å². The number of anilines is 1. The minimum atomic E-state index is -0.933. The number of fused-ring (bicyclic) bond motifs is 2. The second-order valence-corrected chi connectivity index (χ2v) is 10.2. The van der Waals surface area contributed by atoms with Crippen molar-refractivity contribution in [2.24, 2.45) is 0 Å². The maximum Gasteiger partial charge on any atom is 0.216 e. The Hall–Kier alpha value is -2.85. The summed E-state index contributed by atoms with van der Waals surface area (Å²) in [6, 6.07) is 8.37. The van der Waals surface area contributed by atoms with Gasteiger partial charge in [-0.25, -0.2) is 4.39 Å². The van der Waals surface area contributed by atoms with E-state index in [1.807, 2.05) is 0 Å². The van der Waals surface area contributed by atoms with E-state index >= 15 is 4.39 Å². The summed E-state index contributed by atoms with van der Waals surface area (Å²) in [4.78, 5) is 5.81. The van der Waals surface area contributed by atoms with Gasteiger partial charge in [-0.1, -0.05) is 17.4 Å². The number of hydrogen-bond acceptors (Lipinski definition) is 8. The molecule has 4 atom stereocenters. The number of methoxy groups -OCH3 is 1. The number of aromatic nitrogens is 3. The Balaban J connectivity index is 1.29. The number of piperidine rings is 1. The molecule has 2 aromatic heterocycles. The van der Waals surface area contributed by atoms with Crippen molar-refractivity contribution in [3.8, 4) is 33.3 Å². The van der Waals surface area contributed by atoms with Crippen LogP contribution in [0.5, 0.6) is 11.6 Å². The van der Waals surface area contributed by atoms with Crippen molar-refractivity contribution in [2.45, 2.75) is 62.4 Å². The van der Waals surface area contributed by atoms with Gasteiger partial charge in [0.05, 0.1) is 18.7 Å². The van der Waals surface area contributed by atoms with Gasteiger partial charge in [-0.05, 0) is 55.4 Å². The van der Waals surface area contributed by atoms with Crippen LogP contribution in [0.2, 0.25) is 0 Å². The van der Waals surface area contributed by atoms with E-state index in [1.165, 1.54) is 24.5 Å².